The number of carbonyl (C=O) groups is 2. The second kappa shape index (κ2) is 7.34. The number of para-hydroxylation sites is 2. The third kappa shape index (κ3) is 3.86. The van der Waals surface area contributed by atoms with Gasteiger partial charge in [-0.3, -0.25) is 4.90 Å². The molecule has 20 heavy (non-hydrogen) atoms. The van der Waals surface area contributed by atoms with E-state index in [9.17, 15) is 9.59 Å². The molecule has 0 heterocycles. The standard InChI is InChI=1S/C13H18N2O5/c1-15(9-6-4-5-7-10(9)19-2)13(18)14-8-11(20-3)12(16)17/h4-7,11H,8H2,1-3H3,(H,14,18)(H,16,17). The van der Waals surface area contributed by atoms with E-state index in [1.807, 2.05) is 0 Å². The van der Waals surface area contributed by atoms with Gasteiger partial charge in [0.15, 0.2) is 6.10 Å². The van der Waals surface area contributed by atoms with Gasteiger partial charge in [0, 0.05) is 14.2 Å². The van der Waals surface area contributed by atoms with Crippen LogP contribution in [0.2, 0.25) is 0 Å². The van der Waals surface area contributed by atoms with Crippen LogP contribution in [-0.2, 0) is 9.53 Å². The van der Waals surface area contributed by atoms with Crippen molar-refractivity contribution in [3.63, 3.8) is 0 Å². The lowest BCUT2D eigenvalue weighted by Gasteiger charge is -2.21. The molecule has 1 atom stereocenters. The molecule has 1 unspecified atom stereocenters. The lowest BCUT2D eigenvalue weighted by atomic mass is 10.3. The van der Waals surface area contributed by atoms with Gasteiger partial charge in [-0.2, -0.15) is 0 Å². The molecular weight excluding hydrogens is 264 g/mol. The van der Waals surface area contributed by atoms with Crippen molar-refractivity contribution in [1.82, 2.24) is 5.32 Å². The molecule has 0 saturated carbocycles. The summed E-state index contributed by atoms with van der Waals surface area (Å²) >= 11 is 0. The molecule has 0 aliphatic rings. The van der Waals surface area contributed by atoms with Crippen molar-refractivity contribution in [2.45, 2.75) is 6.10 Å². The van der Waals surface area contributed by atoms with E-state index in [1.54, 1.807) is 31.3 Å². The van der Waals surface area contributed by atoms with Crippen LogP contribution in [0.5, 0.6) is 5.75 Å². The second-order valence-corrected chi connectivity index (χ2v) is 3.98. The van der Waals surface area contributed by atoms with Gasteiger partial charge in [-0.05, 0) is 12.1 Å². The summed E-state index contributed by atoms with van der Waals surface area (Å²) in [6.07, 6.45) is -1.08. The zero-order valence-electron chi connectivity index (χ0n) is 11.6. The second-order valence-electron chi connectivity index (χ2n) is 3.98. The van der Waals surface area contributed by atoms with Crippen molar-refractivity contribution in [2.24, 2.45) is 0 Å². The molecule has 1 aromatic rings. The van der Waals surface area contributed by atoms with Gasteiger partial charge in [0.2, 0.25) is 0 Å². The number of amides is 2. The summed E-state index contributed by atoms with van der Waals surface area (Å²) in [5, 5.41) is 11.3. The highest BCUT2D eigenvalue weighted by Gasteiger charge is 2.20. The SMILES string of the molecule is COc1ccccc1N(C)C(=O)NCC(OC)C(=O)O. The molecule has 0 bridgehead atoms. The zero-order valence-corrected chi connectivity index (χ0v) is 11.6. The van der Waals surface area contributed by atoms with E-state index >= 15 is 0 Å². The van der Waals surface area contributed by atoms with E-state index in [2.05, 4.69) is 5.32 Å². The minimum atomic E-state index is -1.13. The molecule has 0 aliphatic heterocycles. The first-order valence-electron chi connectivity index (χ1n) is 5.91. The van der Waals surface area contributed by atoms with Gasteiger partial charge in [-0.1, -0.05) is 12.1 Å². The third-order valence-corrected chi connectivity index (χ3v) is 2.75. The average molecular weight is 282 g/mol. The Bertz CT molecular complexity index is 478. The lowest BCUT2D eigenvalue weighted by Crippen LogP contribution is -2.43. The Morgan fingerprint density at radius 1 is 1.35 bits per heavy atom. The minimum absolute atomic E-state index is 0.121. The van der Waals surface area contributed by atoms with Crippen LogP contribution in [0.15, 0.2) is 24.3 Å². The molecule has 2 amide bonds. The smallest absolute Gasteiger partial charge is 0.334 e. The summed E-state index contributed by atoms with van der Waals surface area (Å²) in [6, 6.07) is 6.58. The Kier molecular flexibility index (Phi) is 5.79. The summed E-state index contributed by atoms with van der Waals surface area (Å²) in [4.78, 5) is 24.1. The highest BCUT2D eigenvalue weighted by molar-refractivity contribution is 5.93. The maximum atomic E-state index is 12.0. The summed E-state index contributed by atoms with van der Waals surface area (Å²) in [6.45, 7) is -0.121. The summed E-state index contributed by atoms with van der Waals surface area (Å²) < 4.78 is 9.90. The molecule has 1 rings (SSSR count). The summed E-state index contributed by atoms with van der Waals surface area (Å²) in [5.41, 5.74) is 0.580. The van der Waals surface area contributed by atoms with Gasteiger partial charge in [0.1, 0.15) is 5.75 Å². The number of aliphatic carboxylic acids is 1. The van der Waals surface area contributed by atoms with Crippen LogP contribution in [0.1, 0.15) is 0 Å². The van der Waals surface area contributed by atoms with Crippen LogP contribution in [-0.4, -0.2) is 51.0 Å². The van der Waals surface area contributed by atoms with Crippen molar-refractivity contribution in [3.05, 3.63) is 24.3 Å². The van der Waals surface area contributed by atoms with Gasteiger partial charge in [0.05, 0.1) is 19.3 Å². The fraction of sp³-hybridized carbons (Fsp3) is 0.385. The number of carboxylic acid groups (broad SMARTS) is 1. The number of benzene rings is 1. The van der Waals surface area contributed by atoms with Crippen LogP contribution in [0.4, 0.5) is 10.5 Å². The fourth-order valence-electron chi connectivity index (χ4n) is 1.59. The molecule has 1 aromatic carbocycles. The fourth-order valence-corrected chi connectivity index (χ4v) is 1.59. The number of urea groups is 1. The van der Waals surface area contributed by atoms with Crippen molar-refractivity contribution in [2.75, 3.05) is 32.7 Å². The quantitative estimate of drug-likeness (QED) is 0.810. The van der Waals surface area contributed by atoms with Gasteiger partial charge in [0.25, 0.3) is 0 Å². The number of ether oxygens (including phenoxy) is 2. The first-order chi connectivity index (χ1) is 9.51. The third-order valence-electron chi connectivity index (χ3n) is 2.75. The molecule has 7 heteroatoms. The normalized spacial score (nSPS) is 11.6. The zero-order chi connectivity index (χ0) is 15.1. The maximum absolute atomic E-state index is 12.0. The Morgan fingerprint density at radius 3 is 2.55 bits per heavy atom. The highest BCUT2D eigenvalue weighted by atomic mass is 16.5. The van der Waals surface area contributed by atoms with Crippen LogP contribution in [0.3, 0.4) is 0 Å². The first-order valence-corrected chi connectivity index (χ1v) is 5.91. The number of rotatable bonds is 6. The molecule has 0 radical (unpaired) electrons. The van der Waals surface area contributed by atoms with E-state index < -0.39 is 18.1 Å². The Balaban J connectivity index is 2.70. The topological polar surface area (TPSA) is 88.1 Å². The van der Waals surface area contributed by atoms with Gasteiger partial charge in [-0.25, -0.2) is 9.59 Å². The van der Waals surface area contributed by atoms with E-state index in [0.29, 0.717) is 11.4 Å². The van der Waals surface area contributed by atoms with E-state index in [-0.39, 0.29) is 6.54 Å². The number of nitrogens with one attached hydrogen (secondary N) is 1. The number of carboxylic acids is 1. The Morgan fingerprint density at radius 2 is 2.00 bits per heavy atom. The molecule has 0 aromatic heterocycles. The summed E-state index contributed by atoms with van der Waals surface area (Å²) in [7, 11) is 4.35. The molecule has 0 fully saturated rings. The highest BCUT2D eigenvalue weighted by Crippen LogP contribution is 2.26. The van der Waals surface area contributed by atoms with Gasteiger partial charge in [-0.15, -0.1) is 0 Å². The van der Waals surface area contributed by atoms with Gasteiger partial charge < -0.3 is 19.9 Å². The largest absolute Gasteiger partial charge is 0.495 e. The molecule has 0 spiro atoms. The predicted molar refractivity (Wildman–Crippen MR) is 73.2 cm³/mol. The van der Waals surface area contributed by atoms with Crippen molar-refractivity contribution < 1.29 is 24.2 Å². The number of nitrogens with zero attached hydrogens (tertiary/aromatic N) is 1. The molecule has 0 saturated heterocycles. The van der Waals surface area contributed by atoms with Gasteiger partial charge >= 0.3 is 12.0 Å². The number of carbonyl (C=O) groups excluding carboxylic acids is 1. The maximum Gasteiger partial charge on any atom is 0.334 e. The monoisotopic (exact) mass is 282 g/mol. The number of anilines is 1. The molecule has 0 aliphatic carbocycles. The molecular formula is C13H18N2O5. The van der Waals surface area contributed by atoms with Crippen molar-refractivity contribution in [1.29, 1.82) is 0 Å². The minimum Gasteiger partial charge on any atom is -0.495 e. The van der Waals surface area contributed by atoms with Crippen molar-refractivity contribution in [3.8, 4) is 5.75 Å². The molecule has 110 valence electrons. The first kappa shape index (κ1) is 15.8. The number of methoxy groups -OCH3 is 2. The molecule has 2 N–H and O–H groups in total. The van der Waals surface area contributed by atoms with E-state index in [0.717, 1.165) is 0 Å². The summed E-state index contributed by atoms with van der Waals surface area (Å²) in [5.74, 6) is -0.584. The lowest BCUT2D eigenvalue weighted by molar-refractivity contribution is -0.147. The number of hydrogen-bond donors (Lipinski definition) is 2. The van der Waals surface area contributed by atoms with Crippen LogP contribution >= 0.6 is 0 Å². The predicted octanol–water partition coefficient (Wildman–Crippen LogP) is 0.941. The van der Waals surface area contributed by atoms with Crippen LogP contribution in [0.25, 0.3) is 0 Å². The Hall–Kier alpha value is -2.28. The van der Waals surface area contributed by atoms with Crippen LogP contribution in [0, 0.1) is 0 Å². The van der Waals surface area contributed by atoms with E-state index in [1.165, 1.54) is 19.1 Å². The van der Waals surface area contributed by atoms with Crippen molar-refractivity contribution >= 4 is 17.7 Å². The number of hydrogen-bond acceptors (Lipinski definition) is 4. The molecule has 7 nitrogen and oxygen atoms in total. The van der Waals surface area contributed by atoms with E-state index in [4.69, 9.17) is 14.6 Å². The van der Waals surface area contributed by atoms with Crippen LogP contribution < -0.4 is 15.0 Å². The Labute approximate surface area is 117 Å². The average Bonchev–Trinajstić information content (AvgIpc) is 2.46.